The maximum absolute atomic E-state index is 14.1. The third kappa shape index (κ3) is 3.81. The molecule has 8 heteroatoms. The van der Waals surface area contributed by atoms with Crippen molar-refractivity contribution in [1.29, 1.82) is 0 Å². The second kappa shape index (κ2) is 8.90. The summed E-state index contributed by atoms with van der Waals surface area (Å²) in [5.41, 5.74) is 0.0208. The van der Waals surface area contributed by atoms with E-state index in [-0.39, 0.29) is 17.4 Å². The number of para-hydroxylation sites is 2. The number of nitrogens with one attached hydrogen (secondary N) is 1. The number of urea groups is 1. The lowest BCUT2D eigenvalue weighted by molar-refractivity contribution is -0.121. The summed E-state index contributed by atoms with van der Waals surface area (Å²) in [6.45, 7) is 3.31. The molecule has 0 spiro atoms. The van der Waals surface area contributed by atoms with Crippen LogP contribution < -0.4 is 15.8 Å². The van der Waals surface area contributed by atoms with Gasteiger partial charge in [-0.2, -0.15) is 0 Å². The number of imide groups is 1. The zero-order valence-electron chi connectivity index (χ0n) is 22.6. The molecule has 0 unspecified atom stereocenters. The van der Waals surface area contributed by atoms with E-state index in [4.69, 9.17) is 0 Å². The zero-order chi connectivity index (χ0) is 26.2. The molecule has 3 saturated heterocycles. The molecular formula is C30H39N5O3. The number of hydrogen-bond acceptors (Lipinski definition) is 5. The van der Waals surface area contributed by atoms with Gasteiger partial charge in [-0.25, -0.2) is 14.7 Å². The molecular weight excluding hydrogens is 478 g/mol. The number of carbonyl (C=O) groups excluding carboxylic acids is 2. The number of piperidine rings is 2. The van der Waals surface area contributed by atoms with Gasteiger partial charge in [0, 0.05) is 24.2 Å². The third-order valence-electron chi connectivity index (χ3n) is 10.2. The van der Waals surface area contributed by atoms with Crippen LogP contribution >= 0.6 is 0 Å². The minimum atomic E-state index is -1.07. The molecule has 2 saturated carbocycles. The van der Waals surface area contributed by atoms with E-state index in [0.717, 1.165) is 35.1 Å². The molecule has 2 aromatic rings. The largest absolute Gasteiger partial charge is 0.331 e. The van der Waals surface area contributed by atoms with Crippen molar-refractivity contribution in [2.24, 2.45) is 11.8 Å². The van der Waals surface area contributed by atoms with Gasteiger partial charge < -0.3 is 9.88 Å². The molecule has 4 bridgehead atoms. The summed E-state index contributed by atoms with van der Waals surface area (Å²) >= 11 is 0. The predicted molar refractivity (Wildman–Crippen MR) is 146 cm³/mol. The number of anilines is 1. The average molecular weight is 518 g/mol. The molecule has 5 fully saturated rings. The third-order valence-corrected chi connectivity index (χ3v) is 10.2. The molecule has 8 nitrogen and oxygen atoms in total. The van der Waals surface area contributed by atoms with E-state index in [9.17, 15) is 14.4 Å². The molecule has 2 aliphatic carbocycles. The fourth-order valence-electron chi connectivity index (χ4n) is 8.73. The first-order valence-corrected chi connectivity index (χ1v) is 14.8. The van der Waals surface area contributed by atoms with Gasteiger partial charge in [-0.3, -0.25) is 14.5 Å². The Kier molecular flexibility index (Phi) is 5.69. The monoisotopic (exact) mass is 517 g/mol. The molecule has 38 heavy (non-hydrogen) atoms. The molecule has 1 aromatic carbocycles. The van der Waals surface area contributed by atoms with Gasteiger partial charge >= 0.3 is 6.03 Å². The van der Waals surface area contributed by atoms with Crippen molar-refractivity contribution in [1.82, 2.24) is 19.8 Å². The highest BCUT2D eigenvalue weighted by atomic mass is 16.2. The van der Waals surface area contributed by atoms with E-state index in [1.807, 2.05) is 28.8 Å². The van der Waals surface area contributed by atoms with Gasteiger partial charge in [0.05, 0.1) is 11.0 Å². The lowest BCUT2D eigenvalue weighted by Crippen LogP contribution is -2.58. The van der Waals surface area contributed by atoms with Crippen LogP contribution in [0.1, 0.15) is 90.5 Å². The van der Waals surface area contributed by atoms with Crippen LogP contribution in [-0.2, 0) is 4.79 Å². The van der Waals surface area contributed by atoms with Crippen LogP contribution in [-0.4, -0.2) is 50.1 Å². The maximum atomic E-state index is 14.1. The van der Waals surface area contributed by atoms with E-state index in [1.54, 1.807) is 13.8 Å². The van der Waals surface area contributed by atoms with E-state index < -0.39 is 17.5 Å². The summed E-state index contributed by atoms with van der Waals surface area (Å²) < 4.78 is 1.88. The maximum Gasteiger partial charge on any atom is 0.331 e. The molecule has 7 rings (SSSR count). The van der Waals surface area contributed by atoms with Crippen LogP contribution in [0, 0.1) is 11.8 Å². The van der Waals surface area contributed by atoms with Gasteiger partial charge in [0.15, 0.2) is 0 Å². The molecule has 3 amide bonds. The second-order valence-corrected chi connectivity index (χ2v) is 13.1. The summed E-state index contributed by atoms with van der Waals surface area (Å²) in [6, 6.07) is 8.74. The van der Waals surface area contributed by atoms with Gasteiger partial charge in [0.1, 0.15) is 5.54 Å². The molecule has 202 valence electrons. The Morgan fingerprint density at radius 2 is 1.47 bits per heavy atom. The number of rotatable bonds is 3. The lowest BCUT2D eigenvalue weighted by Gasteiger charge is -2.55. The SMILES string of the molecule is CC1(C)NC(=O)N(c2nc3ccccc3n(C3C[C@@H]4CCC[C@@H](C3)N4C3C[C@H]4CCC[C@H](C3)C4)c2=O)C1=O. The summed E-state index contributed by atoms with van der Waals surface area (Å²) in [6.07, 6.45) is 13.8. The number of amides is 3. The Balaban J connectivity index is 1.26. The zero-order valence-corrected chi connectivity index (χ0v) is 22.6. The van der Waals surface area contributed by atoms with Crippen LogP contribution in [0.5, 0.6) is 0 Å². The van der Waals surface area contributed by atoms with E-state index in [2.05, 4.69) is 15.2 Å². The molecule has 4 heterocycles. The number of carbonyl (C=O) groups is 2. The van der Waals surface area contributed by atoms with Gasteiger partial charge in [0.2, 0.25) is 5.82 Å². The van der Waals surface area contributed by atoms with Crippen molar-refractivity contribution < 1.29 is 9.59 Å². The molecule has 0 radical (unpaired) electrons. The van der Waals surface area contributed by atoms with Crippen molar-refractivity contribution in [3.63, 3.8) is 0 Å². The normalized spacial score (nSPS) is 34.9. The molecule has 4 atom stereocenters. The number of aromatic nitrogens is 2. The first-order valence-electron chi connectivity index (χ1n) is 14.8. The van der Waals surface area contributed by atoms with E-state index >= 15 is 0 Å². The number of benzene rings is 1. The topological polar surface area (TPSA) is 87.5 Å². The standard InChI is InChI=1S/C30H39N5O3/c1-30(2)28(37)35(29(38)32-30)26-27(36)34(25-12-4-3-11-24(25)31-26)23-16-20-9-6-10-21(17-23)33(20)22-14-18-7-5-8-19(13-18)15-22/h3-4,11-12,18-23H,5-10,13-17H2,1-2H3,(H,32,38)/t18-,19-,20-,21-/m0/s1. The lowest BCUT2D eigenvalue weighted by atomic mass is 9.68. The van der Waals surface area contributed by atoms with Crippen LogP contribution in [0.15, 0.2) is 29.1 Å². The summed E-state index contributed by atoms with van der Waals surface area (Å²) in [5.74, 6) is 1.27. The van der Waals surface area contributed by atoms with Gasteiger partial charge in [-0.1, -0.05) is 37.8 Å². The Hall–Kier alpha value is -2.74. The summed E-state index contributed by atoms with van der Waals surface area (Å²) in [5, 5.41) is 2.70. The van der Waals surface area contributed by atoms with Crippen LogP contribution in [0.3, 0.4) is 0 Å². The molecule has 1 N–H and O–H groups in total. The van der Waals surface area contributed by atoms with Crippen LogP contribution in [0.25, 0.3) is 11.0 Å². The summed E-state index contributed by atoms with van der Waals surface area (Å²) in [7, 11) is 0. The van der Waals surface area contributed by atoms with Crippen molar-refractivity contribution in [2.45, 2.75) is 114 Å². The van der Waals surface area contributed by atoms with Gasteiger partial charge in [0.25, 0.3) is 11.5 Å². The van der Waals surface area contributed by atoms with E-state index in [0.29, 0.717) is 23.6 Å². The Morgan fingerprint density at radius 1 is 0.816 bits per heavy atom. The fourth-order valence-corrected chi connectivity index (χ4v) is 8.73. The van der Waals surface area contributed by atoms with Crippen molar-refractivity contribution in [3.8, 4) is 0 Å². The van der Waals surface area contributed by atoms with Crippen LogP contribution in [0.4, 0.5) is 10.6 Å². The predicted octanol–water partition coefficient (Wildman–Crippen LogP) is 4.76. The Labute approximate surface area is 223 Å². The number of fused-ring (bicyclic) bond motifs is 5. The molecule has 5 aliphatic rings. The first kappa shape index (κ1) is 24.3. The Bertz CT molecular complexity index is 1330. The molecule has 3 aliphatic heterocycles. The highest BCUT2D eigenvalue weighted by molar-refractivity contribution is 6.22. The van der Waals surface area contributed by atoms with Crippen molar-refractivity contribution in [2.75, 3.05) is 4.90 Å². The summed E-state index contributed by atoms with van der Waals surface area (Å²) in [4.78, 5) is 48.5. The number of nitrogens with zero attached hydrogens (tertiary/aromatic N) is 4. The van der Waals surface area contributed by atoms with Crippen molar-refractivity contribution >= 4 is 28.8 Å². The number of hydrogen-bond donors (Lipinski definition) is 1. The van der Waals surface area contributed by atoms with Gasteiger partial charge in [-0.05, 0) is 82.8 Å². The highest BCUT2D eigenvalue weighted by Gasteiger charge is 2.48. The Morgan fingerprint density at radius 3 is 2.13 bits per heavy atom. The fraction of sp³-hybridized carbons (Fsp3) is 0.667. The first-order chi connectivity index (χ1) is 18.3. The second-order valence-electron chi connectivity index (χ2n) is 13.1. The minimum absolute atomic E-state index is 0.0255. The minimum Gasteiger partial charge on any atom is -0.323 e. The quantitative estimate of drug-likeness (QED) is 0.594. The van der Waals surface area contributed by atoms with Gasteiger partial charge in [-0.15, -0.1) is 0 Å². The smallest absolute Gasteiger partial charge is 0.323 e. The van der Waals surface area contributed by atoms with Crippen molar-refractivity contribution in [3.05, 3.63) is 34.6 Å². The van der Waals surface area contributed by atoms with E-state index in [1.165, 1.54) is 57.8 Å². The molecule has 1 aromatic heterocycles. The van der Waals surface area contributed by atoms with Crippen LogP contribution in [0.2, 0.25) is 0 Å². The average Bonchev–Trinajstić information content (AvgIpc) is 3.08. The highest BCUT2D eigenvalue weighted by Crippen LogP contribution is 2.47.